The lowest BCUT2D eigenvalue weighted by Crippen LogP contribution is -2.30. The van der Waals surface area contributed by atoms with Gasteiger partial charge in [0.25, 0.3) is 10.0 Å². The van der Waals surface area contributed by atoms with E-state index in [1.165, 1.54) is 37.4 Å². The average Bonchev–Trinajstić information content (AvgIpc) is 3.47. The first kappa shape index (κ1) is 30.0. The van der Waals surface area contributed by atoms with Gasteiger partial charge in [-0.15, -0.1) is 20.8 Å². The van der Waals surface area contributed by atoms with Gasteiger partial charge >= 0.3 is 13.6 Å². The van der Waals surface area contributed by atoms with Crippen LogP contribution in [0, 0.1) is 0 Å². The van der Waals surface area contributed by atoms with Gasteiger partial charge in [0.1, 0.15) is 0 Å². The van der Waals surface area contributed by atoms with Crippen LogP contribution in [0.2, 0.25) is 0 Å². The molecule has 1 aromatic heterocycles. The zero-order chi connectivity index (χ0) is 28.9. The molecule has 0 N–H and O–H groups in total. The fourth-order valence-corrected chi connectivity index (χ4v) is 7.71. The smallest absolute Gasteiger partial charge is 0.399 e. The van der Waals surface area contributed by atoms with Crippen molar-refractivity contribution in [3.05, 3.63) is 99.3 Å². The van der Waals surface area contributed by atoms with E-state index in [4.69, 9.17) is 4.74 Å². The predicted molar refractivity (Wildman–Crippen MR) is 149 cm³/mol. The fraction of sp³-hybridized carbons (Fsp3) is 0.120. The van der Waals surface area contributed by atoms with Crippen molar-refractivity contribution in [3.8, 4) is 11.3 Å². The first-order valence-electron chi connectivity index (χ1n) is 11.3. The molecule has 15 heteroatoms. The average molecular weight is 673 g/mol. The number of carbonyl (C=O) groups is 1. The number of halogens is 3. The van der Waals surface area contributed by atoms with Crippen molar-refractivity contribution < 1.29 is 41.0 Å². The highest BCUT2D eigenvalue weighted by molar-refractivity contribution is 9.10. The first-order valence-corrected chi connectivity index (χ1v) is 16.1. The Labute approximate surface area is 240 Å². The summed E-state index contributed by atoms with van der Waals surface area (Å²) in [6, 6.07) is 18.8. The molecular weight excluding hydrogens is 653 g/mol. The van der Waals surface area contributed by atoms with E-state index < -0.39 is 29.8 Å². The molecule has 0 saturated heterocycles. The SMILES string of the molecule is COC(=O)c1ccc(-c2csc(N(Cc3ccc(CP(=O)(OF)OF)c(Br)c3)S(=O)(=O)c3ccccc3)n2)cc1. The number of benzene rings is 3. The number of rotatable bonds is 11. The lowest BCUT2D eigenvalue weighted by atomic mass is 10.1. The van der Waals surface area contributed by atoms with Gasteiger partial charge < -0.3 is 4.74 Å². The molecule has 0 amide bonds. The van der Waals surface area contributed by atoms with Gasteiger partial charge in [0.15, 0.2) is 5.13 Å². The van der Waals surface area contributed by atoms with Crippen molar-refractivity contribution in [2.24, 2.45) is 0 Å². The lowest BCUT2D eigenvalue weighted by molar-refractivity contribution is -0.0881. The predicted octanol–water partition coefficient (Wildman–Crippen LogP) is 7.25. The lowest BCUT2D eigenvalue weighted by Gasteiger charge is -2.22. The molecule has 0 saturated carbocycles. The van der Waals surface area contributed by atoms with Gasteiger partial charge in [0, 0.05) is 15.4 Å². The molecule has 1 heterocycles. The molecule has 0 spiro atoms. The minimum atomic E-state index is -4.63. The highest BCUT2D eigenvalue weighted by Crippen LogP contribution is 2.53. The van der Waals surface area contributed by atoms with Crippen LogP contribution < -0.4 is 4.31 Å². The molecule has 0 radical (unpaired) electrons. The summed E-state index contributed by atoms with van der Waals surface area (Å²) in [6.45, 7) is -0.152. The summed E-state index contributed by atoms with van der Waals surface area (Å²) in [7, 11) is -7.43. The minimum absolute atomic E-state index is 0.0472. The first-order chi connectivity index (χ1) is 19.1. The second-order valence-electron chi connectivity index (χ2n) is 8.24. The number of nitrogens with zero attached hydrogens (tertiary/aromatic N) is 2. The molecule has 0 atom stereocenters. The molecule has 0 fully saturated rings. The minimum Gasteiger partial charge on any atom is -0.465 e. The van der Waals surface area contributed by atoms with Gasteiger partial charge in [0.05, 0.1) is 36.0 Å². The van der Waals surface area contributed by atoms with Gasteiger partial charge in [0.2, 0.25) is 0 Å². The summed E-state index contributed by atoms with van der Waals surface area (Å²) in [5.74, 6) is -0.486. The third kappa shape index (κ3) is 6.65. The molecular formula is C25H20BrF2N2O7PS2. The maximum Gasteiger partial charge on any atom is 0.399 e. The van der Waals surface area contributed by atoms with Crippen LogP contribution in [0.3, 0.4) is 0 Å². The van der Waals surface area contributed by atoms with E-state index in [1.807, 2.05) is 0 Å². The van der Waals surface area contributed by atoms with E-state index >= 15 is 0 Å². The van der Waals surface area contributed by atoms with E-state index in [1.54, 1.807) is 47.8 Å². The fourth-order valence-electron chi connectivity index (χ4n) is 3.63. The van der Waals surface area contributed by atoms with E-state index in [-0.39, 0.29) is 22.1 Å². The number of ether oxygens (including phenoxy) is 1. The highest BCUT2D eigenvalue weighted by atomic mass is 79.9. The number of aromatic nitrogens is 1. The quantitative estimate of drug-likeness (QED) is 0.121. The Balaban J connectivity index is 1.69. The normalized spacial score (nSPS) is 11.8. The monoisotopic (exact) mass is 672 g/mol. The molecule has 4 aromatic rings. The molecule has 0 unspecified atom stereocenters. The van der Waals surface area contributed by atoms with E-state index in [0.717, 1.165) is 15.6 Å². The molecule has 9 nitrogen and oxygen atoms in total. The van der Waals surface area contributed by atoms with Crippen LogP contribution >= 0.6 is 34.9 Å². The van der Waals surface area contributed by atoms with Gasteiger partial charge in [-0.2, -0.15) is 0 Å². The molecule has 0 aliphatic carbocycles. The van der Waals surface area contributed by atoms with Crippen molar-refractivity contribution in [2.45, 2.75) is 17.6 Å². The Hall–Kier alpha value is -3.00. The summed E-state index contributed by atoms with van der Waals surface area (Å²) in [5, 5.41) is 1.87. The van der Waals surface area contributed by atoms with Crippen LogP contribution in [-0.2, 0) is 41.5 Å². The number of thiazole rings is 1. The van der Waals surface area contributed by atoms with E-state index in [2.05, 4.69) is 30.4 Å². The van der Waals surface area contributed by atoms with Crippen molar-refractivity contribution in [1.82, 2.24) is 4.98 Å². The van der Waals surface area contributed by atoms with Crippen LogP contribution in [0.4, 0.5) is 14.2 Å². The number of esters is 1. The van der Waals surface area contributed by atoms with Crippen LogP contribution in [0.1, 0.15) is 21.5 Å². The van der Waals surface area contributed by atoms with Crippen molar-refractivity contribution in [1.29, 1.82) is 0 Å². The highest BCUT2D eigenvalue weighted by Gasteiger charge is 2.30. The summed E-state index contributed by atoms with van der Waals surface area (Å²) in [4.78, 5) is 16.4. The second kappa shape index (κ2) is 12.7. The number of sulfonamides is 1. The van der Waals surface area contributed by atoms with Gasteiger partial charge in [-0.25, -0.2) is 22.5 Å². The number of hydrogen-bond donors (Lipinski definition) is 0. The number of carbonyl (C=O) groups excluding carboxylic acids is 1. The molecule has 4 rings (SSSR count). The summed E-state index contributed by atoms with van der Waals surface area (Å²) in [5.41, 5.74) is 2.22. The molecule has 40 heavy (non-hydrogen) atoms. The van der Waals surface area contributed by atoms with Crippen LogP contribution in [0.5, 0.6) is 0 Å². The van der Waals surface area contributed by atoms with Gasteiger partial charge in [-0.05, 0) is 50.5 Å². The molecule has 0 aliphatic rings. The Kier molecular flexibility index (Phi) is 9.49. The maximum atomic E-state index is 13.7. The molecule has 0 aliphatic heterocycles. The third-order valence-corrected chi connectivity index (χ3v) is 10.3. The van der Waals surface area contributed by atoms with Crippen LogP contribution in [-0.4, -0.2) is 26.5 Å². The summed E-state index contributed by atoms with van der Waals surface area (Å²) < 4.78 is 76.9. The van der Waals surface area contributed by atoms with Crippen molar-refractivity contribution >= 4 is 56.0 Å². The molecule has 3 aromatic carbocycles. The largest absolute Gasteiger partial charge is 0.465 e. The number of methoxy groups -OCH3 is 1. The second-order valence-corrected chi connectivity index (χ2v) is 13.6. The molecule has 0 bridgehead atoms. The maximum absolute atomic E-state index is 13.7. The number of hydrogen-bond acceptors (Lipinski definition) is 9. The Morgan fingerprint density at radius 3 is 2.33 bits per heavy atom. The summed E-state index contributed by atoms with van der Waals surface area (Å²) >= 11 is 4.37. The number of anilines is 1. The standard InChI is InChI=1S/C25H20BrF2N2O7PS2/c1-35-24(31)19-11-9-18(10-12-19)23-16-39-25(29-23)30(40(33,34)21-5-3-2-4-6-21)14-17-7-8-20(22(26)13-17)15-38(32,36-27)37-28/h2-13,16H,14-15H2,1H3. The third-order valence-electron chi connectivity index (χ3n) is 5.66. The topological polar surface area (TPSA) is 112 Å². The zero-order valence-corrected chi connectivity index (χ0v) is 24.7. The van der Waals surface area contributed by atoms with Crippen molar-refractivity contribution in [2.75, 3.05) is 11.4 Å². The van der Waals surface area contributed by atoms with Gasteiger partial charge in [-0.1, -0.05) is 58.4 Å². The summed E-state index contributed by atoms with van der Waals surface area (Å²) in [6.07, 6.45) is -0.697. The zero-order valence-electron chi connectivity index (χ0n) is 20.6. The van der Waals surface area contributed by atoms with E-state index in [9.17, 15) is 26.8 Å². The van der Waals surface area contributed by atoms with Crippen LogP contribution in [0.15, 0.2) is 87.5 Å². The van der Waals surface area contributed by atoms with Crippen LogP contribution in [0.25, 0.3) is 11.3 Å². The Morgan fingerprint density at radius 2 is 1.73 bits per heavy atom. The Morgan fingerprint density at radius 1 is 1.05 bits per heavy atom. The van der Waals surface area contributed by atoms with Crippen molar-refractivity contribution in [3.63, 3.8) is 0 Å². The molecule has 210 valence electrons. The van der Waals surface area contributed by atoms with E-state index in [0.29, 0.717) is 26.9 Å². The Bertz CT molecular complexity index is 1650. The van der Waals surface area contributed by atoms with Gasteiger partial charge in [-0.3, -0.25) is 4.57 Å².